The van der Waals surface area contributed by atoms with Crippen LogP contribution in [-0.4, -0.2) is 52.5 Å². The van der Waals surface area contributed by atoms with Crippen LogP contribution in [0.3, 0.4) is 0 Å². The summed E-state index contributed by atoms with van der Waals surface area (Å²) in [6.45, 7) is 5.64. The van der Waals surface area contributed by atoms with E-state index in [2.05, 4.69) is 4.52 Å². The molecule has 9 nitrogen and oxygen atoms in total. The van der Waals surface area contributed by atoms with E-state index in [1.54, 1.807) is 33.8 Å². The number of rotatable bonds is 4. The van der Waals surface area contributed by atoms with Crippen LogP contribution in [0.1, 0.15) is 53.4 Å². The first-order chi connectivity index (χ1) is 16.0. The van der Waals surface area contributed by atoms with Crippen LogP contribution < -0.4 is 68.9 Å². The van der Waals surface area contributed by atoms with E-state index in [-0.39, 0.29) is 77.7 Å². The third kappa shape index (κ3) is 4.46. The number of halogens is 1. The SMILES string of the molecule is CC1(C)O[C@@H]2C[C@H]3[C@@H]4CCC5=CC(=O)C=C[C@]5(C)C4(F)[C@@H](O)C[C@]3(C)[C@]2(C(=O)COP(=O)([O-])[O-])O1.[Na+].[Na+]. The molecule has 5 rings (SSSR count). The quantitative estimate of drug-likeness (QED) is 0.266. The smallest absolute Gasteiger partial charge is 0.790 e. The van der Waals surface area contributed by atoms with Crippen LogP contribution in [0.25, 0.3) is 0 Å². The van der Waals surface area contributed by atoms with E-state index in [0.29, 0.717) is 18.4 Å². The molecule has 194 valence electrons. The van der Waals surface area contributed by atoms with Crippen LogP contribution >= 0.6 is 7.82 Å². The van der Waals surface area contributed by atoms with E-state index < -0.39 is 72.1 Å². The van der Waals surface area contributed by atoms with E-state index in [1.165, 1.54) is 12.2 Å². The Kier molecular flexibility index (Phi) is 8.66. The van der Waals surface area contributed by atoms with Gasteiger partial charge in [-0.25, -0.2) is 4.39 Å². The largest absolute Gasteiger partial charge is 1.00 e. The average molecular weight is 558 g/mol. The van der Waals surface area contributed by atoms with Crippen molar-refractivity contribution < 1.29 is 107 Å². The third-order valence-electron chi connectivity index (χ3n) is 9.40. The number of hydrogen-bond acceptors (Lipinski definition) is 9. The summed E-state index contributed by atoms with van der Waals surface area (Å²) in [6.07, 6.45) is 2.86. The van der Waals surface area contributed by atoms with Crippen LogP contribution in [0.5, 0.6) is 0 Å². The van der Waals surface area contributed by atoms with Gasteiger partial charge in [0.15, 0.2) is 28.6 Å². The molecular formula is C24H30FNa2O9P. The molecule has 1 unspecified atom stereocenters. The van der Waals surface area contributed by atoms with Crippen molar-refractivity contribution in [3.8, 4) is 0 Å². The van der Waals surface area contributed by atoms with Crippen LogP contribution in [0.15, 0.2) is 23.8 Å². The molecule has 4 fully saturated rings. The number of aliphatic hydroxyl groups excluding tert-OH is 1. The van der Waals surface area contributed by atoms with Gasteiger partial charge in [0.2, 0.25) is 0 Å². The summed E-state index contributed by atoms with van der Waals surface area (Å²) in [5, 5.41) is 11.4. The van der Waals surface area contributed by atoms with Gasteiger partial charge in [0.05, 0.1) is 20.0 Å². The maximum atomic E-state index is 17.3. The molecule has 1 N–H and O–H groups in total. The molecule has 0 radical (unpaired) electrons. The molecule has 0 bridgehead atoms. The molecule has 4 aliphatic carbocycles. The van der Waals surface area contributed by atoms with Gasteiger partial charge in [-0.15, -0.1) is 0 Å². The number of phosphoric acid groups is 1. The van der Waals surface area contributed by atoms with Crippen molar-refractivity contribution in [1.82, 2.24) is 0 Å². The van der Waals surface area contributed by atoms with Gasteiger partial charge in [-0.3, -0.25) is 9.59 Å². The molecular weight excluding hydrogens is 528 g/mol. The van der Waals surface area contributed by atoms with Crippen molar-refractivity contribution in [3.05, 3.63) is 23.8 Å². The first-order valence-corrected chi connectivity index (χ1v) is 13.4. The minimum Gasteiger partial charge on any atom is -0.790 e. The van der Waals surface area contributed by atoms with Gasteiger partial charge in [-0.1, -0.05) is 18.6 Å². The zero-order valence-corrected chi connectivity index (χ0v) is 27.0. The molecule has 3 saturated carbocycles. The van der Waals surface area contributed by atoms with Crippen molar-refractivity contribution >= 4 is 19.4 Å². The summed E-state index contributed by atoms with van der Waals surface area (Å²) < 4.78 is 45.0. The monoisotopic (exact) mass is 558 g/mol. The molecule has 13 heteroatoms. The molecule has 5 aliphatic rings. The summed E-state index contributed by atoms with van der Waals surface area (Å²) in [7, 11) is -5.44. The van der Waals surface area contributed by atoms with E-state index in [1.807, 2.05) is 0 Å². The van der Waals surface area contributed by atoms with Crippen molar-refractivity contribution in [2.75, 3.05) is 6.61 Å². The number of ether oxygens (including phenoxy) is 2. The third-order valence-corrected chi connectivity index (χ3v) is 9.85. The number of carbonyl (C=O) groups excluding carboxylic acids is 2. The molecule has 0 amide bonds. The maximum absolute atomic E-state index is 17.3. The van der Waals surface area contributed by atoms with Crippen molar-refractivity contribution in [2.45, 2.75) is 82.6 Å². The zero-order valence-electron chi connectivity index (χ0n) is 22.1. The van der Waals surface area contributed by atoms with E-state index >= 15 is 4.39 Å². The number of alkyl halides is 1. The predicted molar refractivity (Wildman–Crippen MR) is 115 cm³/mol. The van der Waals surface area contributed by atoms with Gasteiger partial charge in [-0.05, 0) is 64.5 Å². The molecule has 37 heavy (non-hydrogen) atoms. The van der Waals surface area contributed by atoms with Crippen molar-refractivity contribution in [3.63, 3.8) is 0 Å². The Labute approximate surface area is 259 Å². The summed E-state index contributed by atoms with van der Waals surface area (Å²) in [5.41, 5.74) is -5.52. The number of Topliss-reactive ketones (excluding diaryl/α,β-unsaturated/α-hetero) is 1. The topological polar surface area (TPSA) is 145 Å². The van der Waals surface area contributed by atoms with Gasteiger partial charge < -0.3 is 33.5 Å². The molecule has 1 heterocycles. The second-order valence-corrected chi connectivity index (χ2v) is 12.6. The molecule has 8 atom stereocenters. The Morgan fingerprint density at radius 1 is 1.24 bits per heavy atom. The number of aliphatic hydroxyl groups is 1. The van der Waals surface area contributed by atoms with Crippen molar-refractivity contribution in [2.24, 2.45) is 22.7 Å². The van der Waals surface area contributed by atoms with Crippen LogP contribution in [-0.2, 0) is 28.2 Å². The molecule has 1 aliphatic heterocycles. The zero-order chi connectivity index (χ0) is 25.8. The Hall–Kier alpha value is 0.740. The first-order valence-electron chi connectivity index (χ1n) is 11.9. The summed E-state index contributed by atoms with van der Waals surface area (Å²) in [6, 6.07) is 0. The average Bonchev–Trinajstić information content (AvgIpc) is 3.14. The minimum atomic E-state index is -5.44. The van der Waals surface area contributed by atoms with E-state index in [0.717, 1.165) is 0 Å². The van der Waals surface area contributed by atoms with Crippen LogP contribution in [0, 0.1) is 22.7 Å². The second-order valence-electron chi connectivity index (χ2n) is 11.5. The fourth-order valence-electron chi connectivity index (χ4n) is 8.05. The van der Waals surface area contributed by atoms with Crippen LogP contribution in [0.4, 0.5) is 4.39 Å². The van der Waals surface area contributed by atoms with Crippen LogP contribution in [0.2, 0.25) is 0 Å². The summed E-state index contributed by atoms with van der Waals surface area (Å²) in [4.78, 5) is 47.8. The number of ketones is 2. The maximum Gasteiger partial charge on any atom is 1.00 e. The first kappa shape index (κ1) is 32.3. The molecule has 0 aromatic carbocycles. The fourth-order valence-corrected chi connectivity index (χ4v) is 8.33. The van der Waals surface area contributed by atoms with Gasteiger partial charge >= 0.3 is 59.1 Å². The Morgan fingerprint density at radius 3 is 2.51 bits per heavy atom. The number of phosphoric ester groups is 1. The van der Waals surface area contributed by atoms with E-state index in [4.69, 9.17) is 9.47 Å². The van der Waals surface area contributed by atoms with Gasteiger partial charge in [-0.2, -0.15) is 0 Å². The number of hydrogen-bond donors (Lipinski definition) is 1. The predicted octanol–water partition coefficient (Wildman–Crippen LogP) is -4.72. The Bertz CT molecular complexity index is 1110. The standard InChI is InChI=1S/C24H32FO9P.2Na/c1-20(2)33-19-10-16-15-6-5-13-9-14(26)7-8-21(13,3)23(15,25)17(27)11-22(16,4)24(19,34-20)18(28)12-32-35(29,30)31;;/h7-9,15-17,19,27H,5-6,10-12H2,1-4H3,(H2,29,30,31);;/q;2*+1/p-2/t15-,16-,17-,19+,21-,22-,23?,24+;;/m0../s1. The van der Waals surface area contributed by atoms with Gasteiger partial charge in [0.25, 0.3) is 0 Å². The minimum absolute atomic E-state index is 0. The molecule has 0 aromatic rings. The molecule has 0 spiro atoms. The Balaban J connectivity index is 0.00000190. The molecule has 1 saturated heterocycles. The summed E-state index contributed by atoms with van der Waals surface area (Å²) >= 11 is 0. The van der Waals surface area contributed by atoms with Crippen molar-refractivity contribution in [1.29, 1.82) is 0 Å². The number of fused-ring (bicyclic) bond motifs is 7. The van der Waals surface area contributed by atoms with E-state index in [9.17, 15) is 29.0 Å². The van der Waals surface area contributed by atoms with Gasteiger partial charge in [0, 0.05) is 16.7 Å². The second kappa shape index (κ2) is 9.93. The number of allylic oxidation sites excluding steroid dienone is 4. The molecule has 0 aromatic heterocycles. The summed E-state index contributed by atoms with van der Waals surface area (Å²) in [5.74, 6) is -3.35. The number of carbonyl (C=O) groups is 2. The Morgan fingerprint density at radius 2 is 1.89 bits per heavy atom. The fraction of sp³-hybridized carbons (Fsp3) is 0.750. The van der Waals surface area contributed by atoms with Gasteiger partial charge in [0.1, 0.15) is 6.61 Å². The normalized spacial score (nSPS) is 45.4.